The minimum absolute atomic E-state index is 0.0269. The Morgan fingerprint density at radius 2 is 2.00 bits per heavy atom. The number of nitrogens with one attached hydrogen (secondary N) is 2. The second-order valence-electron chi connectivity index (χ2n) is 10.7. The van der Waals surface area contributed by atoms with Crippen molar-refractivity contribution in [1.82, 2.24) is 49.8 Å². The molecule has 14 heteroatoms. The van der Waals surface area contributed by atoms with Crippen LogP contribution in [0.2, 0.25) is 0 Å². The van der Waals surface area contributed by atoms with Crippen molar-refractivity contribution >= 4 is 28.6 Å². The van der Waals surface area contributed by atoms with Crippen molar-refractivity contribution in [2.45, 2.75) is 57.1 Å². The van der Waals surface area contributed by atoms with Gasteiger partial charge in [-0.25, -0.2) is 29.1 Å². The summed E-state index contributed by atoms with van der Waals surface area (Å²) in [6.07, 6.45) is 8.37. The fraction of sp³-hybridized carbons (Fsp3) is 0.370. The minimum atomic E-state index is -0.824. The molecular weight excluding hydrogens is 529 g/mol. The molecule has 1 aliphatic heterocycles. The van der Waals surface area contributed by atoms with Crippen LogP contribution in [-0.2, 0) is 16.7 Å². The third kappa shape index (κ3) is 4.30. The van der Waals surface area contributed by atoms with E-state index in [0.29, 0.717) is 36.1 Å². The Labute approximate surface area is 233 Å². The number of rotatable bonds is 6. The second kappa shape index (κ2) is 9.44. The van der Waals surface area contributed by atoms with E-state index in [1.165, 1.54) is 15.9 Å². The Morgan fingerprint density at radius 1 is 1.17 bits per heavy atom. The number of carbonyl (C=O) groups is 1. The molecule has 0 radical (unpaired) electrons. The van der Waals surface area contributed by atoms with Crippen LogP contribution >= 0.6 is 0 Å². The van der Waals surface area contributed by atoms with E-state index in [1.54, 1.807) is 23.1 Å². The number of aromatic nitrogens is 9. The summed E-state index contributed by atoms with van der Waals surface area (Å²) in [6.45, 7) is 3.83. The number of H-pyrrole nitrogens is 1. The average molecular weight is 558 g/mol. The molecule has 5 aromatic heterocycles. The zero-order valence-corrected chi connectivity index (χ0v) is 22.7. The number of aromatic amines is 1. The van der Waals surface area contributed by atoms with Gasteiger partial charge in [0.25, 0.3) is 5.91 Å². The zero-order chi connectivity index (χ0) is 28.3. The SMILES string of the molecule is Cc1cc(Nc2nc([C@H]3CC[C@]4(CC3)ON([C@@H](C)c3ccc(-n5cc(F)cn5)nc3)C4=O)nc3c2cnn3C)n[nH]1. The lowest BCUT2D eigenvalue weighted by atomic mass is 9.76. The van der Waals surface area contributed by atoms with Gasteiger partial charge in [-0.1, -0.05) is 6.07 Å². The Morgan fingerprint density at radius 3 is 2.66 bits per heavy atom. The third-order valence-corrected chi connectivity index (χ3v) is 7.97. The molecule has 1 saturated heterocycles. The van der Waals surface area contributed by atoms with Crippen molar-refractivity contribution in [3.05, 3.63) is 65.9 Å². The van der Waals surface area contributed by atoms with E-state index in [-0.39, 0.29) is 17.9 Å². The largest absolute Gasteiger partial charge is 0.323 e. The molecular formula is C27H28FN11O2. The molecule has 6 heterocycles. The van der Waals surface area contributed by atoms with Gasteiger partial charge in [-0.3, -0.25) is 19.4 Å². The summed E-state index contributed by atoms with van der Waals surface area (Å²) >= 11 is 0. The van der Waals surface area contributed by atoms with Crippen molar-refractivity contribution in [3.8, 4) is 5.82 Å². The summed E-state index contributed by atoms with van der Waals surface area (Å²) in [5.74, 6) is 2.13. The van der Waals surface area contributed by atoms with Crippen LogP contribution < -0.4 is 5.32 Å². The van der Waals surface area contributed by atoms with Crippen molar-refractivity contribution < 1.29 is 14.0 Å². The summed E-state index contributed by atoms with van der Waals surface area (Å²) in [5.41, 5.74) is 1.66. The maximum Gasteiger partial charge on any atom is 0.281 e. The van der Waals surface area contributed by atoms with E-state index in [0.717, 1.165) is 41.3 Å². The van der Waals surface area contributed by atoms with E-state index in [9.17, 15) is 9.18 Å². The van der Waals surface area contributed by atoms with Crippen molar-refractivity contribution in [2.75, 3.05) is 5.32 Å². The molecule has 2 N–H and O–H groups in total. The molecule has 2 aliphatic rings. The second-order valence-corrected chi connectivity index (χ2v) is 10.7. The van der Waals surface area contributed by atoms with E-state index in [4.69, 9.17) is 14.8 Å². The third-order valence-electron chi connectivity index (χ3n) is 7.97. The summed E-state index contributed by atoms with van der Waals surface area (Å²) in [4.78, 5) is 33.7. The van der Waals surface area contributed by atoms with Crippen LogP contribution in [-0.4, -0.2) is 61.3 Å². The van der Waals surface area contributed by atoms with Crippen molar-refractivity contribution in [3.63, 3.8) is 0 Å². The van der Waals surface area contributed by atoms with Crippen LogP contribution in [0, 0.1) is 12.7 Å². The Balaban J connectivity index is 1.04. The lowest BCUT2D eigenvalue weighted by Gasteiger charge is -2.52. The van der Waals surface area contributed by atoms with Gasteiger partial charge in [0.1, 0.15) is 11.6 Å². The molecule has 1 saturated carbocycles. The molecule has 1 spiro atoms. The van der Waals surface area contributed by atoms with Gasteiger partial charge in [-0.15, -0.1) is 0 Å². The predicted octanol–water partition coefficient (Wildman–Crippen LogP) is 3.79. The Kier molecular flexibility index (Phi) is 5.81. The number of nitrogens with zero attached hydrogens (tertiary/aromatic N) is 9. The van der Waals surface area contributed by atoms with Gasteiger partial charge in [-0.05, 0) is 51.2 Å². The molecule has 2 fully saturated rings. The molecule has 210 valence electrons. The zero-order valence-electron chi connectivity index (χ0n) is 22.7. The number of hydroxylamine groups is 2. The molecule has 0 unspecified atom stereocenters. The normalized spacial score (nSPS) is 21.4. The molecule has 13 nitrogen and oxygen atoms in total. The number of carbonyl (C=O) groups excluding carboxylic acids is 1. The van der Waals surface area contributed by atoms with Crippen LogP contribution in [0.4, 0.5) is 16.0 Å². The minimum Gasteiger partial charge on any atom is -0.323 e. The number of fused-ring (bicyclic) bond motifs is 1. The highest BCUT2D eigenvalue weighted by atomic mass is 19.1. The Hall–Kier alpha value is -4.72. The molecule has 1 amide bonds. The number of hydrogen-bond donors (Lipinski definition) is 2. The van der Waals surface area contributed by atoms with Gasteiger partial charge in [0.05, 0.1) is 30.0 Å². The standard InChI is InChI=1S/C27H28FN11O2/c1-15-10-21(36-35-15)32-24-20-13-30-37(3)25(20)34-23(33-24)17-6-8-27(9-7-17)26(40)39(41-27)16(2)18-4-5-22(29-11-18)38-14-19(28)12-31-38/h4-5,10-14,16-17H,6-9H2,1-3H3,(H2,32,33,34,35,36)/t16-,17-,27+/m0/s1. The number of amides is 1. The molecule has 5 aromatic rings. The summed E-state index contributed by atoms with van der Waals surface area (Å²) in [7, 11) is 1.86. The fourth-order valence-electron chi connectivity index (χ4n) is 5.59. The molecule has 0 aromatic carbocycles. The van der Waals surface area contributed by atoms with E-state index < -0.39 is 11.4 Å². The summed E-state index contributed by atoms with van der Waals surface area (Å²) in [5, 5.41) is 21.0. The number of aryl methyl sites for hydroxylation is 2. The number of pyridine rings is 1. The first-order valence-electron chi connectivity index (χ1n) is 13.5. The van der Waals surface area contributed by atoms with Crippen molar-refractivity contribution in [2.24, 2.45) is 7.05 Å². The average Bonchev–Trinajstić information content (AvgIpc) is 3.71. The molecule has 7 rings (SSSR count). The van der Waals surface area contributed by atoms with Gasteiger partial charge in [0.15, 0.2) is 28.7 Å². The number of hydrogen-bond acceptors (Lipinski definition) is 9. The fourth-order valence-corrected chi connectivity index (χ4v) is 5.59. The van der Waals surface area contributed by atoms with Crippen LogP contribution in [0.1, 0.15) is 61.6 Å². The quantitative estimate of drug-likeness (QED) is 0.319. The molecule has 0 bridgehead atoms. The lowest BCUT2D eigenvalue weighted by molar-refractivity contribution is -0.328. The maximum atomic E-state index is 13.4. The first kappa shape index (κ1) is 25.3. The van der Waals surface area contributed by atoms with E-state index >= 15 is 0 Å². The summed E-state index contributed by atoms with van der Waals surface area (Å²) in [6, 6.07) is 5.16. The highest BCUT2D eigenvalue weighted by Gasteiger charge is 2.57. The monoisotopic (exact) mass is 557 g/mol. The highest BCUT2D eigenvalue weighted by Crippen LogP contribution is 2.47. The molecule has 41 heavy (non-hydrogen) atoms. The van der Waals surface area contributed by atoms with E-state index in [2.05, 4.69) is 30.7 Å². The van der Waals surface area contributed by atoms with E-state index in [1.807, 2.05) is 33.0 Å². The Bertz CT molecular complexity index is 1750. The number of anilines is 2. The first-order chi connectivity index (χ1) is 19.8. The lowest BCUT2D eigenvalue weighted by Crippen LogP contribution is -2.65. The first-order valence-corrected chi connectivity index (χ1v) is 13.5. The van der Waals surface area contributed by atoms with Gasteiger partial charge >= 0.3 is 0 Å². The van der Waals surface area contributed by atoms with Crippen LogP contribution in [0.3, 0.4) is 0 Å². The summed E-state index contributed by atoms with van der Waals surface area (Å²) < 4.78 is 16.4. The van der Waals surface area contributed by atoms with Crippen LogP contribution in [0.5, 0.6) is 0 Å². The van der Waals surface area contributed by atoms with Gasteiger partial charge < -0.3 is 5.32 Å². The molecule has 1 aliphatic carbocycles. The smallest absolute Gasteiger partial charge is 0.281 e. The predicted molar refractivity (Wildman–Crippen MR) is 145 cm³/mol. The molecule has 1 atom stereocenters. The van der Waals surface area contributed by atoms with Gasteiger partial charge in [-0.2, -0.15) is 15.3 Å². The highest BCUT2D eigenvalue weighted by molar-refractivity contribution is 5.89. The number of halogens is 1. The van der Waals surface area contributed by atoms with Gasteiger partial charge in [0.2, 0.25) is 0 Å². The van der Waals surface area contributed by atoms with Crippen LogP contribution in [0.15, 0.2) is 43.0 Å². The maximum absolute atomic E-state index is 13.4. The van der Waals surface area contributed by atoms with Gasteiger partial charge in [0, 0.05) is 30.9 Å². The topological polar surface area (TPSA) is 145 Å². The van der Waals surface area contributed by atoms with Crippen molar-refractivity contribution in [1.29, 1.82) is 0 Å². The van der Waals surface area contributed by atoms with Crippen LogP contribution in [0.25, 0.3) is 16.9 Å².